The predicted octanol–water partition coefficient (Wildman–Crippen LogP) is 2.73. The molecule has 132 valence electrons. The molecule has 0 unspecified atom stereocenters. The van der Waals surface area contributed by atoms with Crippen molar-refractivity contribution in [1.82, 2.24) is 0 Å². The van der Waals surface area contributed by atoms with Crippen LogP contribution in [0.15, 0.2) is 71.6 Å². The van der Waals surface area contributed by atoms with E-state index in [1.165, 1.54) is 35.0 Å². The monoisotopic (exact) mass is 359 g/mol. The molecular formula is C18H21N3O3S. The maximum atomic E-state index is 10.5. The van der Waals surface area contributed by atoms with Crippen LogP contribution >= 0.6 is 0 Å². The molecule has 0 bridgehead atoms. The maximum absolute atomic E-state index is 10.5. The molecule has 0 atom stereocenters. The summed E-state index contributed by atoms with van der Waals surface area (Å²) in [6.07, 6.45) is 0. The van der Waals surface area contributed by atoms with Crippen LogP contribution in [0.3, 0.4) is 0 Å². The third-order valence-electron chi connectivity index (χ3n) is 3.43. The molecule has 3 aromatic carbocycles. The number of benzene rings is 3. The molecule has 0 heterocycles. The number of anilines is 2. The van der Waals surface area contributed by atoms with Gasteiger partial charge >= 0.3 is 0 Å². The molecule has 0 aliphatic heterocycles. The fraction of sp³-hybridized carbons (Fsp3) is 0.111. The molecule has 7 heteroatoms. The minimum absolute atomic E-state index is 0.147. The van der Waals surface area contributed by atoms with E-state index in [1.54, 1.807) is 0 Å². The second-order valence-electron chi connectivity index (χ2n) is 5.29. The first-order chi connectivity index (χ1) is 11.9. The van der Waals surface area contributed by atoms with Gasteiger partial charge < -0.3 is 16.8 Å². The lowest BCUT2D eigenvalue weighted by Crippen LogP contribution is -2.13. The first-order valence-corrected chi connectivity index (χ1v) is 9.10. The number of nitrogens with two attached hydrogens (primary N) is 2. The zero-order chi connectivity index (χ0) is 18.3. The first kappa shape index (κ1) is 18.7. The van der Waals surface area contributed by atoms with E-state index in [0.29, 0.717) is 12.2 Å². The summed E-state index contributed by atoms with van der Waals surface area (Å²) in [5, 5.41) is 5.82. The molecule has 6 nitrogen and oxygen atoms in total. The molecule has 0 fully saturated rings. The molecule has 0 spiro atoms. The van der Waals surface area contributed by atoms with Crippen molar-refractivity contribution in [3.8, 4) is 0 Å². The molecule has 3 rings (SSSR count). The van der Waals surface area contributed by atoms with Gasteiger partial charge in [0.2, 0.25) is 0 Å². The van der Waals surface area contributed by atoms with Gasteiger partial charge in [-0.1, -0.05) is 36.4 Å². The molecule has 3 aromatic rings. The molecule has 0 aliphatic rings. The van der Waals surface area contributed by atoms with E-state index in [4.69, 9.17) is 16.0 Å². The second-order valence-corrected chi connectivity index (χ2v) is 6.71. The number of hydrogen-bond donors (Lipinski definition) is 4. The standard InChI is InChI=1S/C12H14N2.C6H7NO3S/c13-8-9-14-12-7-3-5-10-4-1-2-6-11(10)12;7-5-1-3-6(4-2-5)11(8,9)10/h1-7,14H,8-9,13H2;1-4H,7H2,(H,8,9,10). The Morgan fingerprint density at radius 1 is 0.920 bits per heavy atom. The molecule has 6 N–H and O–H groups in total. The van der Waals surface area contributed by atoms with Gasteiger partial charge in [0.15, 0.2) is 0 Å². The van der Waals surface area contributed by atoms with Gasteiger partial charge in [0.05, 0.1) is 4.90 Å². The van der Waals surface area contributed by atoms with E-state index in [2.05, 4.69) is 47.8 Å². The summed E-state index contributed by atoms with van der Waals surface area (Å²) in [4.78, 5) is -0.147. The van der Waals surface area contributed by atoms with E-state index in [0.717, 1.165) is 12.2 Å². The van der Waals surface area contributed by atoms with E-state index in [9.17, 15) is 8.42 Å². The lowest BCUT2D eigenvalue weighted by molar-refractivity contribution is 0.483. The van der Waals surface area contributed by atoms with Crippen LogP contribution < -0.4 is 16.8 Å². The average molecular weight is 359 g/mol. The van der Waals surface area contributed by atoms with E-state index in [1.807, 2.05) is 0 Å². The molecule has 0 amide bonds. The van der Waals surface area contributed by atoms with E-state index < -0.39 is 10.1 Å². The third kappa shape index (κ3) is 5.46. The third-order valence-corrected chi connectivity index (χ3v) is 4.30. The SMILES string of the molecule is NCCNc1cccc2ccccc12.Nc1ccc(S(=O)(=O)O)cc1. The summed E-state index contributed by atoms with van der Waals surface area (Å²) in [5.41, 5.74) is 12.4. The van der Waals surface area contributed by atoms with E-state index >= 15 is 0 Å². The zero-order valence-corrected chi connectivity index (χ0v) is 14.4. The molecular weight excluding hydrogens is 338 g/mol. The summed E-state index contributed by atoms with van der Waals surface area (Å²) in [7, 11) is -4.08. The molecule has 0 aromatic heterocycles. The lowest BCUT2D eigenvalue weighted by Gasteiger charge is -2.08. The Balaban J connectivity index is 0.000000186. The minimum Gasteiger partial charge on any atom is -0.399 e. The first-order valence-electron chi connectivity index (χ1n) is 7.66. The van der Waals surface area contributed by atoms with Crippen LogP contribution in [0, 0.1) is 0 Å². The molecule has 25 heavy (non-hydrogen) atoms. The van der Waals surface area contributed by atoms with Gasteiger partial charge in [-0.25, -0.2) is 0 Å². The van der Waals surface area contributed by atoms with Gasteiger partial charge in [0.1, 0.15) is 0 Å². The summed E-state index contributed by atoms with van der Waals surface area (Å²) in [6.45, 7) is 1.47. The highest BCUT2D eigenvalue weighted by Gasteiger charge is 2.07. The van der Waals surface area contributed by atoms with Gasteiger partial charge in [0.25, 0.3) is 10.1 Å². The van der Waals surface area contributed by atoms with Crippen LogP contribution in [0.5, 0.6) is 0 Å². The van der Waals surface area contributed by atoms with Gasteiger partial charge in [-0.2, -0.15) is 8.42 Å². The maximum Gasteiger partial charge on any atom is 0.294 e. The predicted molar refractivity (Wildman–Crippen MR) is 102 cm³/mol. The van der Waals surface area contributed by atoms with Crippen molar-refractivity contribution in [2.24, 2.45) is 5.73 Å². The van der Waals surface area contributed by atoms with Gasteiger partial charge in [-0.3, -0.25) is 4.55 Å². The number of nitrogen functional groups attached to an aromatic ring is 1. The zero-order valence-electron chi connectivity index (χ0n) is 13.6. The topological polar surface area (TPSA) is 118 Å². The Kier molecular flexibility index (Phi) is 6.35. The highest BCUT2D eigenvalue weighted by molar-refractivity contribution is 7.85. The number of fused-ring (bicyclic) bond motifs is 1. The average Bonchev–Trinajstić information content (AvgIpc) is 2.60. The summed E-state index contributed by atoms with van der Waals surface area (Å²) in [5.74, 6) is 0. The molecule has 0 radical (unpaired) electrons. The number of rotatable bonds is 4. The Morgan fingerprint density at radius 3 is 2.20 bits per heavy atom. The van der Waals surface area contributed by atoms with Gasteiger partial charge in [-0.15, -0.1) is 0 Å². The Labute approximate surface area is 147 Å². The minimum atomic E-state index is -4.08. The van der Waals surface area contributed by atoms with Crippen molar-refractivity contribution in [3.05, 3.63) is 66.7 Å². The van der Waals surface area contributed by atoms with Crippen LogP contribution in [0.2, 0.25) is 0 Å². The second kappa shape index (κ2) is 8.48. The normalized spacial score (nSPS) is 10.8. The lowest BCUT2D eigenvalue weighted by atomic mass is 10.1. The quantitative estimate of drug-likeness (QED) is 0.420. The van der Waals surface area contributed by atoms with Crippen molar-refractivity contribution in [1.29, 1.82) is 0 Å². The Bertz CT molecular complexity index is 920. The fourth-order valence-electron chi connectivity index (χ4n) is 2.23. The molecule has 0 saturated carbocycles. The smallest absolute Gasteiger partial charge is 0.294 e. The Hall–Kier alpha value is -2.61. The number of nitrogens with one attached hydrogen (secondary N) is 1. The summed E-state index contributed by atoms with van der Waals surface area (Å²) in [6, 6.07) is 19.9. The molecule has 0 aliphatic carbocycles. The number of hydrogen-bond acceptors (Lipinski definition) is 5. The summed E-state index contributed by atoms with van der Waals surface area (Å²) < 4.78 is 29.4. The Morgan fingerprint density at radius 2 is 1.56 bits per heavy atom. The van der Waals surface area contributed by atoms with Crippen LogP contribution in [0.1, 0.15) is 0 Å². The van der Waals surface area contributed by atoms with Crippen LogP contribution in [-0.4, -0.2) is 26.1 Å². The van der Waals surface area contributed by atoms with Crippen molar-refractivity contribution in [3.63, 3.8) is 0 Å². The largest absolute Gasteiger partial charge is 0.399 e. The van der Waals surface area contributed by atoms with E-state index in [-0.39, 0.29) is 4.90 Å². The fourth-order valence-corrected chi connectivity index (χ4v) is 2.71. The van der Waals surface area contributed by atoms with Crippen LogP contribution in [0.4, 0.5) is 11.4 Å². The van der Waals surface area contributed by atoms with Crippen LogP contribution in [0.25, 0.3) is 10.8 Å². The van der Waals surface area contributed by atoms with Crippen molar-refractivity contribution < 1.29 is 13.0 Å². The highest BCUT2D eigenvalue weighted by Crippen LogP contribution is 2.22. The highest BCUT2D eigenvalue weighted by atomic mass is 32.2. The van der Waals surface area contributed by atoms with Crippen molar-refractivity contribution in [2.45, 2.75) is 4.90 Å². The summed E-state index contributed by atoms with van der Waals surface area (Å²) >= 11 is 0. The van der Waals surface area contributed by atoms with Gasteiger partial charge in [0, 0.05) is 29.9 Å². The van der Waals surface area contributed by atoms with Crippen molar-refractivity contribution >= 4 is 32.3 Å². The van der Waals surface area contributed by atoms with Crippen LogP contribution in [-0.2, 0) is 10.1 Å². The van der Waals surface area contributed by atoms with Gasteiger partial charge in [-0.05, 0) is 35.7 Å². The molecule has 0 saturated heterocycles. The van der Waals surface area contributed by atoms with Crippen molar-refractivity contribution in [2.75, 3.05) is 24.1 Å².